The number of carbonyl (C=O) groups is 5. The van der Waals surface area contributed by atoms with E-state index in [1.165, 1.54) is 25.0 Å². The molecular formula is C18H25N9O6. The van der Waals surface area contributed by atoms with Gasteiger partial charge in [-0.3, -0.25) is 19.2 Å². The number of H-pyrrole nitrogens is 2. The molecule has 2 aromatic heterocycles. The minimum Gasteiger partial charge on any atom is -0.480 e. The lowest BCUT2D eigenvalue weighted by Gasteiger charge is -2.20. The molecule has 2 heterocycles. The van der Waals surface area contributed by atoms with Crippen molar-refractivity contribution in [1.29, 1.82) is 0 Å². The molecule has 4 amide bonds. The highest BCUT2D eigenvalue weighted by atomic mass is 16.4. The maximum Gasteiger partial charge on any atom is 0.326 e. The number of carboxylic acid groups (broad SMARTS) is 1. The largest absolute Gasteiger partial charge is 0.480 e. The Balaban J connectivity index is 1.97. The van der Waals surface area contributed by atoms with Gasteiger partial charge in [0.2, 0.25) is 23.6 Å². The average molecular weight is 463 g/mol. The number of hydrogen-bond acceptors (Lipinski definition) is 8. The van der Waals surface area contributed by atoms with E-state index in [9.17, 15) is 24.0 Å². The molecule has 33 heavy (non-hydrogen) atoms. The highest BCUT2D eigenvalue weighted by Crippen LogP contribution is 2.02. The van der Waals surface area contributed by atoms with Gasteiger partial charge in [0.1, 0.15) is 12.1 Å². The number of rotatable bonds is 13. The number of nitrogens with two attached hydrogens (primary N) is 2. The predicted octanol–water partition coefficient (Wildman–Crippen LogP) is -3.71. The molecular weight excluding hydrogens is 438 g/mol. The fourth-order valence-electron chi connectivity index (χ4n) is 2.77. The van der Waals surface area contributed by atoms with Crippen LogP contribution in [-0.4, -0.2) is 79.3 Å². The number of carbonyl (C=O) groups excluding carboxylic acids is 4. The third-order valence-electron chi connectivity index (χ3n) is 4.41. The maximum absolute atomic E-state index is 12.7. The van der Waals surface area contributed by atoms with E-state index in [1.54, 1.807) is 0 Å². The lowest BCUT2D eigenvalue weighted by atomic mass is 10.1. The van der Waals surface area contributed by atoms with Gasteiger partial charge in [-0.1, -0.05) is 0 Å². The third kappa shape index (κ3) is 8.41. The van der Waals surface area contributed by atoms with Gasteiger partial charge in [0.05, 0.1) is 31.7 Å². The summed E-state index contributed by atoms with van der Waals surface area (Å²) in [4.78, 5) is 72.6. The van der Waals surface area contributed by atoms with Gasteiger partial charge in [-0.25, -0.2) is 14.8 Å². The van der Waals surface area contributed by atoms with Crippen LogP contribution >= 0.6 is 0 Å². The molecule has 15 nitrogen and oxygen atoms in total. The van der Waals surface area contributed by atoms with Crippen molar-refractivity contribution in [2.24, 2.45) is 11.5 Å². The molecule has 0 aromatic carbocycles. The van der Waals surface area contributed by atoms with Crippen molar-refractivity contribution in [3.63, 3.8) is 0 Å². The van der Waals surface area contributed by atoms with E-state index in [1.807, 2.05) is 0 Å². The van der Waals surface area contributed by atoms with Gasteiger partial charge in [0, 0.05) is 36.6 Å². The number of hydrogen-bond donors (Lipinski definition) is 8. The van der Waals surface area contributed by atoms with Crippen LogP contribution in [0.2, 0.25) is 0 Å². The van der Waals surface area contributed by atoms with Gasteiger partial charge >= 0.3 is 5.97 Å². The highest BCUT2D eigenvalue weighted by molar-refractivity contribution is 5.93. The van der Waals surface area contributed by atoms with E-state index in [0.717, 1.165) is 0 Å². The molecule has 15 heteroatoms. The van der Waals surface area contributed by atoms with Crippen molar-refractivity contribution in [1.82, 2.24) is 35.9 Å². The Bertz CT molecular complexity index is 960. The number of aliphatic carboxylic acids is 1. The number of primary amides is 1. The Labute approximate surface area is 187 Å². The molecule has 178 valence electrons. The van der Waals surface area contributed by atoms with Crippen LogP contribution in [0.3, 0.4) is 0 Å². The summed E-state index contributed by atoms with van der Waals surface area (Å²) >= 11 is 0. The van der Waals surface area contributed by atoms with Crippen LogP contribution in [0.1, 0.15) is 17.8 Å². The molecule has 0 spiro atoms. The van der Waals surface area contributed by atoms with Gasteiger partial charge in [-0.15, -0.1) is 0 Å². The van der Waals surface area contributed by atoms with E-state index in [2.05, 4.69) is 35.9 Å². The van der Waals surface area contributed by atoms with Crippen LogP contribution in [0.25, 0.3) is 0 Å². The van der Waals surface area contributed by atoms with Crippen LogP contribution in [0.15, 0.2) is 25.0 Å². The SMILES string of the molecule is NC(=O)CC(NC(=O)CNC(=O)C(Cc1cnc[nH]1)NC(=O)C(N)Cc1cnc[nH]1)C(=O)O. The predicted molar refractivity (Wildman–Crippen MR) is 111 cm³/mol. The summed E-state index contributed by atoms with van der Waals surface area (Å²) in [5, 5.41) is 16.0. The zero-order chi connectivity index (χ0) is 24.4. The number of imidazole rings is 2. The standard InChI is InChI=1S/C18H25N9O6/c19-11(1-9-4-21-7-24-9)16(30)27-12(2-10-5-22-8-25-10)17(31)23-6-15(29)26-13(18(32)33)3-14(20)28/h4-5,7-8,11-13H,1-3,6,19H2,(H2,20,28)(H,21,24)(H,22,25)(H,23,31)(H,26,29)(H,27,30)(H,32,33). The second kappa shape index (κ2) is 11.9. The molecule has 0 aliphatic heterocycles. The van der Waals surface area contributed by atoms with Crippen LogP contribution in [0, 0.1) is 0 Å². The quantitative estimate of drug-likeness (QED) is 0.145. The van der Waals surface area contributed by atoms with E-state index in [-0.39, 0.29) is 12.8 Å². The van der Waals surface area contributed by atoms with Gasteiger partial charge in [0.25, 0.3) is 0 Å². The van der Waals surface area contributed by atoms with Crippen molar-refractivity contribution in [3.05, 3.63) is 36.4 Å². The molecule has 0 aliphatic rings. The summed E-state index contributed by atoms with van der Waals surface area (Å²) in [7, 11) is 0. The fourth-order valence-corrected chi connectivity index (χ4v) is 2.77. The number of nitrogens with one attached hydrogen (secondary N) is 5. The molecule has 0 radical (unpaired) electrons. The van der Waals surface area contributed by atoms with Gasteiger partial charge in [0.15, 0.2) is 0 Å². The monoisotopic (exact) mass is 463 g/mol. The summed E-state index contributed by atoms with van der Waals surface area (Å²) in [6.07, 6.45) is 5.39. The number of carboxylic acids is 1. The summed E-state index contributed by atoms with van der Waals surface area (Å²) in [6.45, 7) is -0.600. The summed E-state index contributed by atoms with van der Waals surface area (Å²) in [5.41, 5.74) is 12.0. The molecule has 3 atom stereocenters. The topological polar surface area (TPSA) is 251 Å². The Morgan fingerprint density at radius 1 is 0.939 bits per heavy atom. The van der Waals surface area contributed by atoms with E-state index >= 15 is 0 Å². The minimum absolute atomic E-state index is 0.0232. The number of amides is 4. The Hall–Kier alpha value is -4.27. The van der Waals surface area contributed by atoms with E-state index < -0.39 is 60.7 Å². The zero-order valence-corrected chi connectivity index (χ0v) is 17.4. The molecule has 0 bridgehead atoms. The van der Waals surface area contributed by atoms with Gasteiger partial charge < -0.3 is 42.5 Å². The first-order valence-electron chi connectivity index (χ1n) is 9.74. The lowest BCUT2D eigenvalue weighted by molar-refractivity contribution is -0.143. The smallest absolute Gasteiger partial charge is 0.326 e. The number of aromatic nitrogens is 4. The second-order valence-corrected chi connectivity index (χ2v) is 7.08. The van der Waals surface area contributed by atoms with Gasteiger partial charge in [-0.2, -0.15) is 0 Å². The van der Waals surface area contributed by atoms with Crippen LogP contribution in [-0.2, 0) is 36.8 Å². The maximum atomic E-state index is 12.7. The Kier molecular flexibility index (Phi) is 9.05. The van der Waals surface area contributed by atoms with Crippen molar-refractivity contribution in [2.45, 2.75) is 37.4 Å². The molecule has 3 unspecified atom stereocenters. The normalized spacial score (nSPS) is 13.4. The lowest BCUT2D eigenvalue weighted by Crippen LogP contribution is -2.54. The van der Waals surface area contributed by atoms with Gasteiger partial charge in [-0.05, 0) is 0 Å². The molecule has 2 aromatic rings. The number of nitrogens with zero attached hydrogens (tertiary/aromatic N) is 2. The van der Waals surface area contributed by atoms with Crippen molar-refractivity contribution in [3.8, 4) is 0 Å². The average Bonchev–Trinajstić information content (AvgIpc) is 3.44. The number of aromatic amines is 2. The molecule has 0 aliphatic carbocycles. The fraction of sp³-hybridized carbons (Fsp3) is 0.389. The third-order valence-corrected chi connectivity index (χ3v) is 4.41. The first-order chi connectivity index (χ1) is 15.7. The van der Waals surface area contributed by atoms with Crippen molar-refractivity contribution >= 4 is 29.6 Å². The van der Waals surface area contributed by atoms with E-state index in [0.29, 0.717) is 11.4 Å². The summed E-state index contributed by atoms with van der Waals surface area (Å²) in [5.74, 6) is -4.56. The second-order valence-electron chi connectivity index (χ2n) is 7.08. The first-order valence-corrected chi connectivity index (χ1v) is 9.74. The zero-order valence-electron chi connectivity index (χ0n) is 17.4. The Morgan fingerprint density at radius 2 is 1.55 bits per heavy atom. The van der Waals surface area contributed by atoms with Crippen molar-refractivity contribution < 1.29 is 29.1 Å². The Morgan fingerprint density at radius 3 is 2.06 bits per heavy atom. The van der Waals surface area contributed by atoms with Crippen molar-refractivity contribution in [2.75, 3.05) is 6.54 Å². The molecule has 2 rings (SSSR count). The molecule has 0 saturated heterocycles. The van der Waals surface area contributed by atoms with Crippen LogP contribution in [0.4, 0.5) is 0 Å². The summed E-state index contributed by atoms with van der Waals surface area (Å²) in [6, 6.07) is -3.62. The van der Waals surface area contributed by atoms with E-state index in [4.69, 9.17) is 16.6 Å². The summed E-state index contributed by atoms with van der Waals surface area (Å²) < 4.78 is 0. The first kappa shape index (κ1) is 25.0. The van der Waals surface area contributed by atoms with Crippen LogP contribution < -0.4 is 27.4 Å². The minimum atomic E-state index is -1.53. The van der Waals surface area contributed by atoms with Crippen LogP contribution in [0.5, 0.6) is 0 Å². The molecule has 0 saturated carbocycles. The molecule has 0 fully saturated rings. The highest BCUT2D eigenvalue weighted by Gasteiger charge is 2.26. The molecule has 10 N–H and O–H groups in total.